The van der Waals surface area contributed by atoms with Crippen molar-refractivity contribution in [1.29, 1.82) is 0 Å². The zero-order chi connectivity index (χ0) is 11.4. The molecule has 3 N–H and O–H groups in total. The first-order valence-corrected chi connectivity index (χ1v) is 4.69. The minimum Gasteiger partial charge on any atom is -0.480 e. The maximum Gasteiger partial charge on any atom is 0.325 e. The largest absolute Gasteiger partial charge is 0.480 e. The van der Waals surface area contributed by atoms with Crippen LogP contribution in [-0.4, -0.2) is 18.2 Å². The van der Waals surface area contributed by atoms with Crippen molar-refractivity contribution in [2.24, 2.45) is 5.73 Å². The number of halogens is 1. The van der Waals surface area contributed by atoms with E-state index in [1.54, 1.807) is 18.2 Å². The quantitative estimate of drug-likeness (QED) is 0.822. The highest BCUT2D eigenvalue weighted by atomic mass is 35.5. The molecular weight excluding hydrogens is 218 g/mol. The molecule has 1 aromatic rings. The molecular formula is C10H12ClNO3. The number of hydrogen-bond acceptors (Lipinski definition) is 3. The Kier molecular flexibility index (Phi) is 4.08. The fourth-order valence-electron chi connectivity index (χ4n) is 1.29. The summed E-state index contributed by atoms with van der Waals surface area (Å²) >= 11 is 5.79. The first-order chi connectivity index (χ1) is 7.06. The molecule has 0 heterocycles. The lowest BCUT2D eigenvalue weighted by Crippen LogP contribution is -2.22. The topological polar surface area (TPSA) is 72.5 Å². The Morgan fingerprint density at radius 1 is 1.67 bits per heavy atom. The summed E-state index contributed by atoms with van der Waals surface area (Å²) in [6, 6.07) is 3.82. The van der Waals surface area contributed by atoms with Crippen molar-refractivity contribution < 1.29 is 14.6 Å². The zero-order valence-electron chi connectivity index (χ0n) is 8.24. The maximum absolute atomic E-state index is 10.7. The van der Waals surface area contributed by atoms with E-state index < -0.39 is 12.0 Å². The summed E-state index contributed by atoms with van der Waals surface area (Å²) in [4.78, 5) is 10.7. The molecule has 0 saturated carbocycles. The van der Waals surface area contributed by atoms with Crippen LogP contribution in [0.3, 0.4) is 0 Å². The number of carbonyl (C=O) groups is 1. The van der Waals surface area contributed by atoms with E-state index in [4.69, 9.17) is 27.2 Å². The number of nitrogens with two attached hydrogens (primary N) is 1. The summed E-state index contributed by atoms with van der Waals surface area (Å²) in [5.41, 5.74) is 6.74. The smallest absolute Gasteiger partial charge is 0.325 e. The molecule has 0 aliphatic heterocycles. The third-order valence-corrected chi connectivity index (χ3v) is 2.24. The molecule has 5 heteroatoms. The van der Waals surface area contributed by atoms with E-state index in [-0.39, 0.29) is 6.61 Å². The van der Waals surface area contributed by atoms with E-state index in [0.717, 1.165) is 0 Å². The fraction of sp³-hybridized carbons (Fsp3) is 0.300. The SMILES string of the molecule is COCc1cc(Cl)ccc1C(N)C(=O)O. The van der Waals surface area contributed by atoms with Gasteiger partial charge in [0, 0.05) is 12.1 Å². The molecule has 1 aromatic carbocycles. The van der Waals surface area contributed by atoms with Crippen LogP contribution in [0.2, 0.25) is 5.02 Å². The Labute approximate surface area is 92.6 Å². The van der Waals surface area contributed by atoms with E-state index in [1.807, 2.05) is 0 Å². The van der Waals surface area contributed by atoms with Crippen molar-refractivity contribution >= 4 is 17.6 Å². The molecule has 0 radical (unpaired) electrons. The van der Waals surface area contributed by atoms with Crippen molar-refractivity contribution in [2.75, 3.05) is 7.11 Å². The normalized spacial score (nSPS) is 12.5. The van der Waals surface area contributed by atoms with Crippen LogP contribution >= 0.6 is 11.6 Å². The molecule has 1 rings (SSSR count). The molecule has 0 aromatic heterocycles. The lowest BCUT2D eigenvalue weighted by molar-refractivity contribution is -0.138. The molecule has 0 aliphatic rings. The lowest BCUT2D eigenvalue weighted by Gasteiger charge is -2.12. The van der Waals surface area contributed by atoms with Gasteiger partial charge in [0.1, 0.15) is 6.04 Å². The fourth-order valence-corrected chi connectivity index (χ4v) is 1.49. The van der Waals surface area contributed by atoms with Crippen LogP contribution in [0, 0.1) is 0 Å². The highest BCUT2D eigenvalue weighted by Gasteiger charge is 2.17. The highest BCUT2D eigenvalue weighted by Crippen LogP contribution is 2.21. The summed E-state index contributed by atoms with van der Waals surface area (Å²) in [7, 11) is 1.52. The van der Waals surface area contributed by atoms with E-state index in [9.17, 15) is 4.79 Å². The molecule has 15 heavy (non-hydrogen) atoms. The van der Waals surface area contributed by atoms with Gasteiger partial charge < -0.3 is 15.6 Å². The minimum atomic E-state index is -1.07. The average molecular weight is 230 g/mol. The highest BCUT2D eigenvalue weighted by molar-refractivity contribution is 6.30. The minimum absolute atomic E-state index is 0.289. The van der Waals surface area contributed by atoms with Gasteiger partial charge in [0.15, 0.2) is 0 Å². The second-order valence-corrected chi connectivity index (χ2v) is 3.53. The van der Waals surface area contributed by atoms with Gasteiger partial charge in [-0.1, -0.05) is 17.7 Å². The third-order valence-electron chi connectivity index (χ3n) is 2.01. The molecule has 1 atom stereocenters. The van der Waals surface area contributed by atoms with Gasteiger partial charge >= 0.3 is 5.97 Å². The molecule has 0 aliphatic carbocycles. The molecule has 1 unspecified atom stereocenters. The number of aliphatic carboxylic acids is 1. The summed E-state index contributed by atoms with van der Waals surface area (Å²) in [5, 5.41) is 9.33. The summed E-state index contributed by atoms with van der Waals surface area (Å²) in [5.74, 6) is -1.07. The van der Waals surface area contributed by atoms with Crippen LogP contribution in [0.1, 0.15) is 17.2 Å². The Balaban J connectivity index is 3.10. The van der Waals surface area contributed by atoms with Crippen LogP contribution in [-0.2, 0) is 16.1 Å². The standard InChI is InChI=1S/C10H12ClNO3/c1-15-5-6-4-7(11)2-3-8(6)9(12)10(13)14/h2-4,9H,5,12H2,1H3,(H,13,14). The molecule has 4 nitrogen and oxygen atoms in total. The van der Waals surface area contributed by atoms with Gasteiger partial charge in [-0.25, -0.2) is 0 Å². The number of ether oxygens (including phenoxy) is 1. The van der Waals surface area contributed by atoms with Crippen LogP contribution in [0.15, 0.2) is 18.2 Å². The Morgan fingerprint density at radius 2 is 2.33 bits per heavy atom. The van der Waals surface area contributed by atoms with Gasteiger partial charge in [0.25, 0.3) is 0 Å². The molecule has 0 fully saturated rings. The second-order valence-electron chi connectivity index (χ2n) is 3.09. The number of carboxylic acid groups (broad SMARTS) is 1. The van der Waals surface area contributed by atoms with Crippen molar-refractivity contribution in [2.45, 2.75) is 12.6 Å². The van der Waals surface area contributed by atoms with E-state index in [2.05, 4.69) is 0 Å². The average Bonchev–Trinajstić information content (AvgIpc) is 2.17. The van der Waals surface area contributed by atoms with E-state index >= 15 is 0 Å². The monoisotopic (exact) mass is 229 g/mol. The zero-order valence-corrected chi connectivity index (χ0v) is 8.99. The van der Waals surface area contributed by atoms with Gasteiger partial charge in [-0.2, -0.15) is 0 Å². The van der Waals surface area contributed by atoms with Gasteiger partial charge in [0.05, 0.1) is 6.61 Å². The Hall–Kier alpha value is -1.10. The first kappa shape index (κ1) is 12.0. The third kappa shape index (κ3) is 2.92. The van der Waals surface area contributed by atoms with E-state index in [0.29, 0.717) is 16.1 Å². The van der Waals surface area contributed by atoms with Crippen LogP contribution in [0.25, 0.3) is 0 Å². The predicted molar refractivity (Wildman–Crippen MR) is 56.7 cm³/mol. The van der Waals surface area contributed by atoms with Gasteiger partial charge in [-0.3, -0.25) is 4.79 Å². The number of carboxylic acids is 1. The molecule has 0 saturated heterocycles. The van der Waals surface area contributed by atoms with Crippen molar-refractivity contribution in [3.05, 3.63) is 34.3 Å². The number of hydrogen-bond donors (Lipinski definition) is 2. The lowest BCUT2D eigenvalue weighted by atomic mass is 10.0. The molecule has 82 valence electrons. The molecule has 0 bridgehead atoms. The summed E-state index contributed by atoms with van der Waals surface area (Å²) < 4.78 is 4.95. The molecule has 0 spiro atoms. The van der Waals surface area contributed by atoms with Gasteiger partial charge in [0.2, 0.25) is 0 Å². The van der Waals surface area contributed by atoms with Crippen LogP contribution < -0.4 is 5.73 Å². The summed E-state index contributed by atoms with van der Waals surface area (Å²) in [6.07, 6.45) is 0. The number of benzene rings is 1. The maximum atomic E-state index is 10.7. The van der Waals surface area contributed by atoms with Crippen LogP contribution in [0.5, 0.6) is 0 Å². The van der Waals surface area contributed by atoms with Crippen molar-refractivity contribution in [3.8, 4) is 0 Å². The second kappa shape index (κ2) is 5.11. The Morgan fingerprint density at radius 3 is 2.87 bits per heavy atom. The predicted octanol–water partition coefficient (Wildman–Crippen LogP) is 1.57. The molecule has 0 amide bonds. The van der Waals surface area contributed by atoms with Gasteiger partial charge in [-0.05, 0) is 23.3 Å². The van der Waals surface area contributed by atoms with Gasteiger partial charge in [-0.15, -0.1) is 0 Å². The number of rotatable bonds is 4. The van der Waals surface area contributed by atoms with Crippen molar-refractivity contribution in [1.82, 2.24) is 0 Å². The van der Waals surface area contributed by atoms with E-state index in [1.165, 1.54) is 7.11 Å². The number of methoxy groups -OCH3 is 1. The van der Waals surface area contributed by atoms with Crippen molar-refractivity contribution in [3.63, 3.8) is 0 Å². The Bertz CT molecular complexity index is 368. The first-order valence-electron chi connectivity index (χ1n) is 4.32. The summed E-state index contributed by atoms with van der Waals surface area (Å²) in [6.45, 7) is 0.289. The van der Waals surface area contributed by atoms with Crippen LogP contribution in [0.4, 0.5) is 0 Å².